The van der Waals surface area contributed by atoms with E-state index in [1.165, 1.54) is 26.0 Å². The summed E-state index contributed by atoms with van der Waals surface area (Å²) in [7, 11) is 0. The Hall–Kier alpha value is -2.11. The molecule has 2 aliphatic carbocycles. The molecule has 26 heavy (non-hydrogen) atoms. The smallest absolute Gasteiger partial charge is 0.313 e. The van der Waals surface area contributed by atoms with Crippen LogP contribution in [0, 0.1) is 11.8 Å². The highest BCUT2D eigenvalue weighted by Crippen LogP contribution is 2.24. The van der Waals surface area contributed by atoms with E-state index in [0.717, 1.165) is 57.6 Å². The molecule has 2 rings (SSSR count). The maximum atomic E-state index is 11.1. The fraction of sp³-hybridized carbons (Fsp3) is 0.650. The fourth-order valence-electron chi connectivity index (χ4n) is 2.98. The molecule has 0 spiro atoms. The van der Waals surface area contributed by atoms with E-state index in [9.17, 15) is 14.4 Å². The molecule has 2 saturated carbocycles. The quantitative estimate of drug-likeness (QED) is 0.576. The first-order chi connectivity index (χ1) is 12.4. The summed E-state index contributed by atoms with van der Waals surface area (Å²) in [5.74, 6) is -0.917. The van der Waals surface area contributed by atoms with Crippen molar-refractivity contribution in [1.82, 2.24) is 0 Å². The Bertz CT molecular complexity index is 445. The second-order valence-corrected chi connectivity index (χ2v) is 6.39. The van der Waals surface area contributed by atoms with Crippen LogP contribution in [0.2, 0.25) is 0 Å². The van der Waals surface area contributed by atoms with Crippen molar-refractivity contribution in [3.05, 3.63) is 25.7 Å². The average Bonchev–Trinajstić information content (AvgIpc) is 2.64. The highest BCUT2D eigenvalue weighted by molar-refractivity contribution is 5.73. The normalized spacial score (nSPS) is 17.3. The number of carbonyl (C=O) groups is 3. The van der Waals surface area contributed by atoms with Crippen LogP contribution in [0.3, 0.4) is 0 Å². The maximum Gasteiger partial charge on any atom is 0.313 e. The Morgan fingerprint density at radius 3 is 1.50 bits per heavy atom. The SMILES string of the molecule is C=COC(=O)C1CCCCC1.C=COC(C)=O.O=C(O)C1CCCCC1. The third kappa shape index (κ3) is 12.3. The fourth-order valence-corrected chi connectivity index (χ4v) is 2.98. The van der Waals surface area contributed by atoms with Crippen molar-refractivity contribution in [2.24, 2.45) is 11.8 Å². The monoisotopic (exact) mass is 368 g/mol. The summed E-state index contributed by atoms with van der Waals surface area (Å²) in [4.78, 5) is 31.2. The van der Waals surface area contributed by atoms with Crippen molar-refractivity contribution in [1.29, 1.82) is 0 Å². The van der Waals surface area contributed by atoms with Crippen molar-refractivity contribution < 1.29 is 29.0 Å². The number of rotatable bonds is 4. The summed E-state index contributed by atoms with van der Waals surface area (Å²) < 4.78 is 8.87. The molecule has 2 fully saturated rings. The minimum atomic E-state index is -0.602. The minimum absolute atomic E-state index is 0.0289. The number of aliphatic carboxylic acids is 1. The van der Waals surface area contributed by atoms with Crippen LogP contribution >= 0.6 is 0 Å². The summed E-state index contributed by atoms with van der Waals surface area (Å²) in [6.07, 6.45) is 13.1. The van der Waals surface area contributed by atoms with Crippen LogP contribution in [0.5, 0.6) is 0 Å². The van der Waals surface area contributed by atoms with E-state index in [2.05, 4.69) is 17.9 Å². The van der Waals surface area contributed by atoms with Crippen LogP contribution in [0.4, 0.5) is 0 Å². The van der Waals surface area contributed by atoms with Crippen molar-refractivity contribution in [2.75, 3.05) is 0 Å². The number of carbonyl (C=O) groups excluding carboxylic acids is 2. The molecule has 0 aromatic heterocycles. The topological polar surface area (TPSA) is 89.9 Å². The van der Waals surface area contributed by atoms with Gasteiger partial charge in [0.05, 0.1) is 24.4 Å². The molecule has 0 heterocycles. The van der Waals surface area contributed by atoms with Crippen LogP contribution < -0.4 is 0 Å². The predicted octanol–water partition coefficient (Wildman–Crippen LogP) is 4.60. The summed E-state index contributed by atoms with van der Waals surface area (Å²) in [6, 6.07) is 0. The Labute approximate surface area is 156 Å². The van der Waals surface area contributed by atoms with Gasteiger partial charge in [-0.05, 0) is 25.7 Å². The molecular formula is C20H32O6. The van der Waals surface area contributed by atoms with Crippen LogP contribution in [-0.2, 0) is 23.9 Å². The molecule has 0 amide bonds. The molecule has 0 aromatic carbocycles. The van der Waals surface area contributed by atoms with Crippen LogP contribution in [0.15, 0.2) is 25.7 Å². The standard InChI is InChI=1S/C9H14O2.C7H12O2.C4H6O2/c1-2-11-9(10)8-6-4-3-5-7-8;8-7(9)6-4-2-1-3-5-6;1-3-6-4(2)5/h2,8H,1,3-7H2;6H,1-5H2,(H,8,9);3H,1H2,2H3. The number of esters is 2. The number of carboxylic acids is 1. The van der Waals surface area contributed by atoms with E-state index in [1.54, 1.807) is 0 Å². The predicted molar refractivity (Wildman–Crippen MR) is 99.0 cm³/mol. The van der Waals surface area contributed by atoms with Crippen molar-refractivity contribution in [2.45, 2.75) is 71.1 Å². The summed E-state index contributed by atoms with van der Waals surface area (Å²) in [5, 5.41) is 8.54. The van der Waals surface area contributed by atoms with Gasteiger partial charge in [0, 0.05) is 6.92 Å². The molecule has 0 bridgehead atoms. The Balaban J connectivity index is 0.000000378. The maximum absolute atomic E-state index is 11.1. The molecule has 1 N–H and O–H groups in total. The Morgan fingerprint density at radius 1 is 0.808 bits per heavy atom. The van der Waals surface area contributed by atoms with Crippen molar-refractivity contribution in [3.8, 4) is 0 Å². The van der Waals surface area contributed by atoms with Gasteiger partial charge in [-0.2, -0.15) is 0 Å². The first-order valence-corrected chi connectivity index (χ1v) is 9.24. The third-order valence-electron chi connectivity index (χ3n) is 4.34. The summed E-state index contributed by atoms with van der Waals surface area (Å²) >= 11 is 0. The molecule has 0 aromatic rings. The molecule has 148 valence electrons. The second kappa shape index (κ2) is 15.2. The summed E-state index contributed by atoms with van der Waals surface area (Å²) in [6.45, 7) is 7.83. The third-order valence-corrected chi connectivity index (χ3v) is 4.34. The zero-order valence-corrected chi connectivity index (χ0v) is 15.8. The molecule has 0 atom stereocenters. The van der Waals surface area contributed by atoms with Gasteiger partial charge in [0.25, 0.3) is 0 Å². The van der Waals surface area contributed by atoms with Crippen molar-refractivity contribution >= 4 is 17.9 Å². The van der Waals surface area contributed by atoms with E-state index < -0.39 is 5.97 Å². The summed E-state index contributed by atoms with van der Waals surface area (Å²) in [5.41, 5.74) is 0. The van der Waals surface area contributed by atoms with Gasteiger partial charge in [0.2, 0.25) is 0 Å². The van der Waals surface area contributed by atoms with Gasteiger partial charge < -0.3 is 14.6 Å². The van der Waals surface area contributed by atoms with Crippen LogP contribution in [0.25, 0.3) is 0 Å². The molecule has 6 nitrogen and oxygen atoms in total. The first kappa shape index (κ1) is 23.9. The van der Waals surface area contributed by atoms with E-state index in [4.69, 9.17) is 9.84 Å². The lowest BCUT2D eigenvalue weighted by atomic mass is 9.89. The second-order valence-electron chi connectivity index (χ2n) is 6.39. The molecule has 0 aliphatic heterocycles. The van der Waals surface area contributed by atoms with Gasteiger partial charge in [-0.25, -0.2) is 0 Å². The molecular weight excluding hydrogens is 336 g/mol. The molecule has 0 radical (unpaired) electrons. The van der Waals surface area contributed by atoms with Gasteiger partial charge in [-0.3, -0.25) is 14.4 Å². The van der Waals surface area contributed by atoms with Gasteiger partial charge in [-0.1, -0.05) is 51.7 Å². The van der Waals surface area contributed by atoms with Crippen LogP contribution in [0.1, 0.15) is 71.1 Å². The number of hydrogen-bond acceptors (Lipinski definition) is 5. The Morgan fingerprint density at radius 2 is 1.23 bits per heavy atom. The van der Waals surface area contributed by atoms with Gasteiger partial charge >= 0.3 is 17.9 Å². The lowest BCUT2D eigenvalue weighted by molar-refractivity contribution is -0.144. The first-order valence-electron chi connectivity index (χ1n) is 9.24. The number of carboxylic acid groups (broad SMARTS) is 1. The zero-order valence-electron chi connectivity index (χ0n) is 15.8. The molecule has 0 saturated heterocycles. The molecule has 2 aliphatic rings. The largest absolute Gasteiger partial charge is 0.481 e. The van der Waals surface area contributed by atoms with Gasteiger partial charge in [0.15, 0.2) is 0 Å². The van der Waals surface area contributed by atoms with Crippen LogP contribution in [-0.4, -0.2) is 23.0 Å². The molecule has 0 unspecified atom stereocenters. The zero-order chi connectivity index (χ0) is 19.8. The van der Waals surface area contributed by atoms with E-state index in [1.807, 2.05) is 0 Å². The lowest BCUT2D eigenvalue weighted by Crippen LogP contribution is -2.18. The van der Waals surface area contributed by atoms with E-state index >= 15 is 0 Å². The van der Waals surface area contributed by atoms with E-state index in [0.29, 0.717) is 0 Å². The highest BCUT2D eigenvalue weighted by Gasteiger charge is 2.21. The number of ether oxygens (including phenoxy) is 2. The highest BCUT2D eigenvalue weighted by atomic mass is 16.5. The van der Waals surface area contributed by atoms with Crippen molar-refractivity contribution in [3.63, 3.8) is 0 Å². The number of hydrogen-bond donors (Lipinski definition) is 1. The lowest BCUT2D eigenvalue weighted by Gasteiger charge is -2.18. The average molecular weight is 368 g/mol. The van der Waals surface area contributed by atoms with E-state index in [-0.39, 0.29) is 23.8 Å². The minimum Gasteiger partial charge on any atom is -0.481 e. The van der Waals surface area contributed by atoms with Gasteiger partial charge in [0.1, 0.15) is 0 Å². The molecule has 6 heteroatoms. The van der Waals surface area contributed by atoms with Gasteiger partial charge in [-0.15, -0.1) is 0 Å². The Kier molecular flexibility index (Phi) is 13.9.